The molecule has 0 saturated carbocycles. The lowest BCUT2D eigenvalue weighted by Gasteiger charge is -2.40. The molecule has 1 atom stereocenters. The second-order valence-electron chi connectivity index (χ2n) is 10.9. The van der Waals surface area contributed by atoms with Crippen LogP contribution >= 0.6 is 0 Å². The van der Waals surface area contributed by atoms with Gasteiger partial charge in [-0.3, -0.25) is 39.2 Å². The van der Waals surface area contributed by atoms with Crippen molar-refractivity contribution >= 4 is 23.6 Å². The first-order valence-corrected chi connectivity index (χ1v) is 13.8. The molecule has 1 N–H and O–H groups in total. The highest BCUT2D eigenvalue weighted by molar-refractivity contribution is 6.23. The zero-order valence-electron chi connectivity index (χ0n) is 22.8. The first-order chi connectivity index (χ1) is 20.6. The summed E-state index contributed by atoms with van der Waals surface area (Å²) in [5.74, 6) is -5.49. The van der Waals surface area contributed by atoms with Crippen LogP contribution in [0.5, 0.6) is 0 Å². The van der Waals surface area contributed by atoms with E-state index in [0.717, 1.165) is 34.7 Å². The van der Waals surface area contributed by atoms with Gasteiger partial charge in [0.05, 0.1) is 17.2 Å². The zero-order valence-corrected chi connectivity index (χ0v) is 22.8. The summed E-state index contributed by atoms with van der Waals surface area (Å²) < 4.78 is 57.1. The van der Waals surface area contributed by atoms with E-state index in [0.29, 0.717) is 32.7 Å². The Morgan fingerprint density at radius 1 is 0.744 bits per heavy atom. The monoisotopic (exact) mass is 594 g/mol. The molecule has 222 valence electrons. The number of hydrogen-bond acceptors (Lipinski definition) is 6. The molecule has 3 aromatic carbocycles. The summed E-state index contributed by atoms with van der Waals surface area (Å²) >= 11 is 0. The quantitative estimate of drug-likeness (QED) is 0.347. The Morgan fingerprint density at radius 3 is 1.93 bits per heavy atom. The molecule has 4 amide bonds. The zero-order chi connectivity index (χ0) is 30.4. The van der Waals surface area contributed by atoms with Gasteiger partial charge in [0.25, 0.3) is 11.8 Å². The highest BCUT2D eigenvalue weighted by Gasteiger charge is 2.44. The molecule has 0 spiro atoms. The maximum atomic E-state index is 14.9. The molecule has 1 unspecified atom stereocenters. The third kappa shape index (κ3) is 5.43. The number of rotatable bonds is 6. The van der Waals surface area contributed by atoms with Gasteiger partial charge in [0, 0.05) is 62.4 Å². The second kappa shape index (κ2) is 11.3. The number of piperazine rings is 1. The van der Waals surface area contributed by atoms with Gasteiger partial charge in [-0.05, 0) is 36.2 Å². The van der Waals surface area contributed by atoms with Crippen LogP contribution in [-0.4, -0.2) is 70.5 Å². The standard InChI is InChI=1S/C31H26F4N4O4/c32-18-2-5-21(24(34)14-18)28(22-6-3-19(33)15-25(22)35)38-11-9-37(10-12-38)16-17-1-4-20-23(13-17)31(43)39(30(20)42)26-7-8-27(40)36-29(26)41/h1-6,13-15,26,28H,7-12,16H2,(H,36,40,41). The normalized spacial score (nSPS) is 19.7. The summed E-state index contributed by atoms with van der Waals surface area (Å²) in [6.45, 7) is 2.14. The van der Waals surface area contributed by atoms with Gasteiger partial charge in [-0.1, -0.05) is 18.2 Å². The molecule has 12 heteroatoms. The number of halogens is 4. The van der Waals surface area contributed by atoms with Gasteiger partial charge < -0.3 is 0 Å². The van der Waals surface area contributed by atoms with Crippen LogP contribution in [-0.2, 0) is 16.1 Å². The van der Waals surface area contributed by atoms with E-state index in [1.165, 1.54) is 12.1 Å². The summed E-state index contributed by atoms with van der Waals surface area (Å²) in [7, 11) is 0. The fraction of sp³-hybridized carbons (Fsp3) is 0.290. The molecule has 2 saturated heterocycles. The minimum atomic E-state index is -1.05. The molecule has 0 bridgehead atoms. The van der Waals surface area contributed by atoms with Crippen LogP contribution in [0.2, 0.25) is 0 Å². The Balaban J connectivity index is 1.17. The van der Waals surface area contributed by atoms with Gasteiger partial charge in [-0.15, -0.1) is 0 Å². The van der Waals surface area contributed by atoms with Crippen molar-refractivity contribution in [1.29, 1.82) is 0 Å². The van der Waals surface area contributed by atoms with Crippen LogP contribution < -0.4 is 5.32 Å². The number of carbonyl (C=O) groups is 4. The number of carbonyl (C=O) groups excluding carboxylic acids is 4. The number of imide groups is 2. The number of hydrogen-bond donors (Lipinski definition) is 1. The van der Waals surface area contributed by atoms with Crippen LogP contribution in [0.1, 0.15) is 56.3 Å². The summed E-state index contributed by atoms with van der Waals surface area (Å²) in [6.07, 6.45) is 0.0986. The lowest BCUT2D eigenvalue weighted by Crippen LogP contribution is -2.54. The smallest absolute Gasteiger partial charge is 0.262 e. The van der Waals surface area contributed by atoms with E-state index < -0.39 is 59.0 Å². The molecule has 8 nitrogen and oxygen atoms in total. The molecule has 3 heterocycles. The number of amides is 4. The molecule has 6 rings (SSSR count). The SMILES string of the molecule is O=C1CCC(N2C(=O)c3ccc(CN4CCN(C(c5ccc(F)cc5F)c5ccc(F)cc5F)CC4)cc3C2=O)C(=O)N1. The van der Waals surface area contributed by atoms with Crippen molar-refractivity contribution in [3.63, 3.8) is 0 Å². The fourth-order valence-electron chi connectivity index (χ4n) is 6.06. The molecule has 3 aromatic rings. The largest absolute Gasteiger partial charge is 0.297 e. The van der Waals surface area contributed by atoms with Crippen molar-refractivity contribution in [3.8, 4) is 0 Å². The Morgan fingerprint density at radius 2 is 1.35 bits per heavy atom. The summed E-state index contributed by atoms with van der Waals surface area (Å²) in [5.41, 5.74) is 1.27. The maximum Gasteiger partial charge on any atom is 0.262 e. The van der Waals surface area contributed by atoms with E-state index in [-0.39, 0.29) is 35.1 Å². The Labute approximate surface area is 243 Å². The summed E-state index contributed by atoms with van der Waals surface area (Å²) in [5, 5.41) is 2.17. The summed E-state index contributed by atoms with van der Waals surface area (Å²) in [6, 6.07) is 9.16. The molecule has 3 aliphatic rings. The topological polar surface area (TPSA) is 90.0 Å². The third-order valence-corrected chi connectivity index (χ3v) is 8.20. The van der Waals surface area contributed by atoms with E-state index in [2.05, 4.69) is 10.2 Å². The lowest BCUT2D eigenvalue weighted by molar-refractivity contribution is -0.136. The van der Waals surface area contributed by atoms with Gasteiger partial charge in [0.2, 0.25) is 11.8 Å². The molecular weight excluding hydrogens is 568 g/mol. The van der Waals surface area contributed by atoms with Crippen molar-refractivity contribution in [2.45, 2.75) is 31.5 Å². The van der Waals surface area contributed by atoms with E-state index >= 15 is 0 Å². The van der Waals surface area contributed by atoms with Crippen LogP contribution in [0.15, 0.2) is 54.6 Å². The van der Waals surface area contributed by atoms with Gasteiger partial charge in [-0.25, -0.2) is 17.6 Å². The highest BCUT2D eigenvalue weighted by Crippen LogP contribution is 2.34. The van der Waals surface area contributed by atoms with E-state index in [1.807, 2.05) is 4.90 Å². The van der Waals surface area contributed by atoms with Crippen molar-refractivity contribution < 1.29 is 36.7 Å². The van der Waals surface area contributed by atoms with Crippen LogP contribution in [0.3, 0.4) is 0 Å². The van der Waals surface area contributed by atoms with E-state index in [4.69, 9.17) is 0 Å². The lowest BCUT2D eigenvalue weighted by atomic mass is 9.95. The molecule has 0 aromatic heterocycles. The molecule has 2 fully saturated rings. The predicted octanol–water partition coefficient (Wildman–Crippen LogP) is 3.55. The van der Waals surface area contributed by atoms with Crippen molar-refractivity contribution in [2.75, 3.05) is 26.2 Å². The van der Waals surface area contributed by atoms with E-state index in [9.17, 15) is 36.7 Å². The minimum Gasteiger partial charge on any atom is -0.297 e. The number of fused-ring (bicyclic) bond motifs is 1. The Bertz CT molecular complexity index is 1610. The van der Waals surface area contributed by atoms with Crippen molar-refractivity contribution in [1.82, 2.24) is 20.0 Å². The number of nitrogens with zero attached hydrogens (tertiary/aromatic N) is 3. The molecule has 43 heavy (non-hydrogen) atoms. The molecule has 3 aliphatic heterocycles. The Hall–Kier alpha value is -4.42. The van der Waals surface area contributed by atoms with Crippen LogP contribution in [0.4, 0.5) is 17.6 Å². The highest BCUT2D eigenvalue weighted by atomic mass is 19.1. The van der Waals surface area contributed by atoms with Gasteiger partial charge in [-0.2, -0.15) is 0 Å². The average molecular weight is 595 g/mol. The van der Waals surface area contributed by atoms with Gasteiger partial charge in [0.15, 0.2) is 0 Å². The van der Waals surface area contributed by atoms with Gasteiger partial charge in [0.1, 0.15) is 29.3 Å². The Kier molecular flexibility index (Phi) is 7.57. The maximum absolute atomic E-state index is 14.9. The third-order valence-electron chi connectivity index (χ3n) is 8.20. The molecule has 0 radical (unpaired) electrons. The minimum absolute atomic E-state index is 0.0312. The number of benzene rings is 3. The average Bonchev–Trinajstić information content (AvgIpc) is 3.20. The van der Waals surface area contributed by atoms with Crippen molar-refractivity contribution in [3.05, 3.63) is 106 Å². The van der Waals surface area contributed by atoms with Gasteiger partial charge >= 0.3 is 0 Å². The summed E-state index contributed by atoms with van der Waals surface area (Å²) in [4.78, 5) is 54.8. The predicted molar refractivity (Wildman–Crippen MR) is 145 cm³/mol. The van der Waals surface area contributed by atoms with Crippen LogP contribution in [0, 0.1) is 23.3 Å². The van der Waals surface area contributed by atoms with Crippen LogP contribution in [0.25, 0.3) is 0 Å². The van der Waals surface area contributed by atoms with E-state index in [1.54, 1.807) is 18.2 Å². The first-order valence-electron chi connectivity index (χ1n) is 13.8. The molecular formula is C31H26F4N4O4. The number of piperidine rings is 1. The fourth-order valence-corrected chi connectivity index (χ4v) is 6.06. The second-order valence-corrected chi connectivity index (χ2v) is 10.9. The number of nitrogens with one attached hydrogen (secondary N) is 1. The van der Waals surface area contributed by atoms with Crippen molar-refractivity contribution in [2.24, 2.45) is 0 Å². The molecule has 0 aliphatic carbocycles. The first kappa shape index (κ1) is 28.7.